The van der Waals surface area contributed by atoms with Crippen molar-refractivity contribution in [3.05, 3.63) is 32.6 Å². The number of rotatable bonds is 3. The Morgan fingerprint density at radius 1 is 1.62 bits per heavy atom. The van der Waals surface area contributed by atoms with E-state index in [9.17, 15) is 14.5 Å². The number of nitrogens with zero attached hydrogens (tertiary/aromatic N) is 1. The Balaban J connectivity index is 2.51. The SMILES string of the molecule is Cc1cc([N+](=O)[O-])c(NC2CC2)c(F)c1Cl. The average Bonchev–Trinajstić information content (AvgIpc) is 3.02. The van der Waals surface area contributed by atoms with Gasteiger partial charge in [0.25, 0.3) is 5.69 Å². The highest BCUT2D eigenvalue weighted by molar-refractivity contribution is 6.32. The van der Waals surface area contributed by atoms with E-state index in [1.54, 1.807) is 6.92 Å². The van der Waals surface area contributed by atoms with E-state index in [1.807, 2.05) is 0 Å². The summed E-state index contributed by atoms with van der Waals surface area (Å²) in [5.74, 6) is -0.736. The van der Waals surface area contributed by atoms with Gasteiger partial charge in [-0.05, 0) is 25.3 Å². The van der Waals surface area contributed by atoms with Crippen LogP contribution in [0.5, 0.6) is 0 Å². The molecule has 86 valence electrons. The molecule has 1 saturated carbocycles. The summed E-state index contributed by atoms with van der Waals surface area (Å²) in [5.41, 5.74) is 0.0154. The Bertz CT molecular complexity index is 461. The minimum Gasteiger partial charge on any atom is -0.374 e. The van der Waals surface area contributed by atoms with Crippen LogP contribution < -0.4 is 5.32 Å². The number of hydrogen-bond donors (Lipinski definition) is 1. The molecule has 0 saturated heterocycles. The summed E-state index contributed by atoms with van der Waals surface area (Å²) in [6.45, 7) is 1.54. The molecule has 0 amide bonds. The van der Waals surface area contributed by atoms with Crippen LogP contribution in [0.15, 0.2) is 6.07 Å². The zero-order valence-electron chi connectivity index (χ0n) is 8.59. The highest BCUT2D eigenvalue weighted by Crippen LogP contribution is 2.37. The van der Waals surface area contributed by atoms with Crippen LogP contribution in [0.25, 0.3) is 0 Å². The predicted molar refractivity (Wildman–Crippen MR) is 59.4 cm³/mol. The molecule has 1 fully saturated rings. The molecule has 0 atom stereocenters. The lowest BCUT2D eigenvalue weighted by molar-refractivity contribution is -0.384. The summed E-state index contributed by atoms with van der Waals surface area (Å²) in [5, 5.41) is 13.5. The van der Waals surface area contributed by atoms with E-state index in [0.717, 1.165) is 12.8 Å². The summed E-state index contributed by atoms with van der Waals surface area (Å²) in [7, 11) is 0. The van der Waals surface area contributed by atoms with Crippen molar-refractivity contribution in [2.24, 2.45) is 0 Å². The number of halogens is 2. The number of anilines is 1. The molecule has 1 aromatic rings. The van der Waals surface area contributed by atoms with E-state index >= 15 is 0 Å². The maximum Gasteiger partial charge on any atom is 0.295 e. The zero-order chi connectivity index (χ0) is 11.9. The molecule has 1 N–H and O–H groups in total. The van der Waals surface area contributed by atoms with Gasteiger partial charge in [0.15, 0.2) is 11.5 Å². The molecule has 16 heavy (non-hydrogen) atoms. The van der Waals surface area contributed by atoms with Crippen LogP contribution in [0.1, 0.15) is 18.4 Å². The second-order valence-electron chi connectivity index (χ2n) is 3.89. The van der Waals surface area contributed by atoms with Gasteiger partial charge in [-0.1, -0.05) is 11.6 Å². The molecular formula is C10H10ClFN2O2. The maximum absolute atomic E-state index is 13.8. The van der Waals surface area contributed by atoms with Crippen molar-refractivity contribution >= 4 is 23.0 Å². The Morgan fingerprint density at radius 3 is 2.75 bits per heavy atom. The van der Waals surface area contributed by atoms with Gasteiger partial charge in [0.2, 0.25) is 0 Å². The van der Waals surface area contributed by atoms with E-state index < -0.39 is 10.7 Å². The Kier molecular flexibility index (Phi) is 2.71. The Labute approximate surface area is 96.6 Å². The lowest BCUT2D eigenvalue weighted by Gasteiger charge is -2.09. The molecule has 0 heterocycles. The lowest BCUT2D eigenvalue weighted by atomic mass is 10.1. The molecule has 1 aliphatic rings. The number of nitro groups is 1. The molecule has 0 bridgehead atoms. The molecule has 1 aliphatic carbocycles. The van der Waals surface area contributed by atoms with E-state index in [4.69, 9.17) is 11.6 Å². The van der Waals surface area contributed by atoms with Gasteiger partial charge >= 0.3 is 0 Å². The van der Waals surface area contributed by atoms with Gasteiger partial charge in [-0.15, -0.1) is 0 Å². The Hall–Kier alpha value is -1.36. The van der Waals surface area contributed by atoms with E-state index in [2.05, 4.69) is 5.32 Å². The van der Waals surface area contributed by atoms with E-state index in [0.29, 0.717) is 5.56 Å². The van der Waals surface area contributed by atoms with Gasteiger partial charge in [0, 0.05) is 12.1 Å². The second kappa shape index (κ2) is 3.90. The fourth-order valence-electron chi connectivity index (χ4n) is 1.45. The van der Waals surface area contributed by atoms with Gasteiger partial charge in [0.1, 0.15) is 0 Å². The quantitative estimate of drug-likeness (QED) is 0.656. The molecule has 0 aliphatic heterocycles. The third-order valence-electron chi connectivity index (χ3n) is 2.49. The molecule has 2 rings (SSSR count). The Morgan fingerprint density at radius 2 is 2.25 bits per heavy atom. The van der Waals surface area contributed by atoms with E-state index in [-0.39, 0.29) is 22.4 Å². The van der Waals surface area contributed by atoms with Crippen molar-refractivity contribution in [1.29, 1.82) is 0 Å². The van der Waals surface area contributed by atoms with Gasteiger partial charge in [-0.2, -0.15) is 0 Å². The topological polar surface area (TPSA) is 55.2 Å². The zero-order valence-corrected chi connectivity index (χ0v) is 9.34. The van der Waals surface area contributed by atoms with Crippen LogP contribution in [0.4, 0.5) is 15.8 Å². The summed E-state index contributed by atoms with van der Waals surface area (Å²) in [6.07, 6.45) is 1.81. The number of hydrogen-bond acceptors (Lipinski definition) is 3. The van der Waals surface area contributed by atoms with Crippen LogP contribution >= 0.6 is 11.6 Å². The molecule has 0 aromatic heterocycles. The van der Waals surface area contributed by atoms with Crippen molar-refractivity contribution in [1.82, 2.24) is 0 Å². The molecule has 0 radical (unpaired) electrons. The molecule has 4 nitrogen and oxygen atoms in total. The van der Waals surface area contributed by atoms with Gasteiger partial charge in [0.05, 0.1) is 9.95 Å². The normalized spacial score (nSPS) is 14.9. The largest absolute Gasteiger partial charge is 0.374 e. The lowest BCUT2D eigenvalue weighted by Crippen LogP contribution is -2.07. The summed E-state index contributed by atoms with van der Waals surface area (Å²) >= 11 is 5.73. The highest BCUT2D eigenvalue weighted by Gasteiger charge is 2.29. The fourth-order valence-corrected chi connectivity index (χ4v) is 1.60. The average molecular weight is 245 g/mol. The first-order chi connectivity index (χ1) is 7.50. The van der Waals surface area contributed by atoms with Crippen LogP contribution in [-0.2, 0) is 0 Å². The van der Waals surface area contributed by atoms with Crippen molar-refractivity contribution in [2.45, 2.75) is 25.8 Å². The standard InChI is InChI=1S/C10H10ClFN2O2/c1-5-4-7(14(15)16)10(9(12)8(5)11)13-6-2-3-6/h4,6,13H,2-3H2,1H3. The minimum atomic E-state index is -0.736. The van der Waals surface area contributed by atoms with Crippen molar-refractivity contribution < 1.29 is 9.31 Å². The first-order valence-corrected chi connectivity index (χ1v) is 5.28. The van der Waals surface area contributed by atoms with Crippen LogP contribution in [-0.4, -0.2) is 11.0 Å². The monoisotopic (exact) mass is 244 g/mol. The third-order valence-corrected chi connectivity index (χ3v) is 2.95. The van der Waals surface area contributed by atoms with Crippen LogP contribution in [0, 0.1) is 22.9 Å². The number of aryl methyl sites for hydroxylation is 1. The van der Waals surface area contributed by atoms with Crippen molar-refractivity contribution in [2.75, 3.05) is 5.32 Å². The highest BCUT2D eigenvalue weighted by atomic mass is 35.5. The third kappa shape index (κ3) is 1.95. The van der Waals surface area contributed by atoms with Crippen LogP contribution in [0.2, 0.25) is 5.02 Å². The summed E-state index contributed by atoms with van der Waals surface area (Å²) in [6, 6.07) is 1.42. The van der Waals surface area contributed by atoms with Crippen LogP contribution in [0.3, 0.4) is 0 Å². The van der Waals surface area contributed by atoms with Gasteiger partial charge < -0.3 is 5.32 Å². The number of benzene rings is 1. The summed E-state index contributed by atoms with van der Waals surface area (Å²) < 4.78 is 13.8. The van der Waals surface area contributed by atoms with Crippen molar-refractivity contribution in [3.8, 4) is 0 Å². The first-order valence-electron chi connectivity index (χ1n) is 4.90. The summed E-state index contributed by atoms with van der Waals surface area (Å²) in [4.78, 5) is 10.2. The molecule has 0 unspecified atom stereocenters. The fraction of sp³-hybridized carbons (Fsp3) is 0.400. The van der Waals surface area contributed by atoms with E-state index in [1.165, 1.54) is 6.07 Å². The molecule has 0 spiro atoms. The first kappa shape index (κ1) is 11.1. The van der Waals surface area contributed by atoms with Gasteiger partial charge in [-0.25, -0.2) is 4.39 Å². The molecule has 1 aromatic carbocycles. The smallest absolute Gasteiger partial charge is 0.295 e. The van der Waals surface area contributed by atoms with Gasteiger partial charge in [-0.3, -0.25) is 10.1 Å². The predicted octanol–water partition coefficient (Wildman–Crippen LogP) is 3.27. The number of nitro benzene ring substituents is 1. The van der Waals surface area contributed by atoms with Crippen molar-refractivity contribution in [3.63, 3.8) is 0 Å². The minimum absolute atomic E-state index is 0.0613. The molecular weight excluding hydrogens is 235 g/mol. The second-order valence-corrected chi connectivity index (χ2v) is 4.27. The maximum atomic E-state index is 13.8. The molecule has 6 heteroatoms. The number of nitrogens with one attached hydrogen (secondary N) is 1.